The fraction of sp³-hybridized carbons (Fsp3) is 0.357. The Morgan fingerprint density at radius 1 is 1.59 bits per heavy atom. The predicted molar refractivity (Wildman–Crippen MR) is 70.6 cm³/mol. The second kappa shape index (κ2) is 5.95. The van der Waals surface area contributed by atoms with Crippen LogP contribution in [0, 0.1) is 19.3 Å². The number of anilines is 1. The number of amides is 1. The summed E-state index contributed by atoms with van der Waals surface area (Å²) in [6.07, 6.45) is 7.07. The first-order valence-electron chi connectivity index (χ1n) is 5.71. The molecule has 90 valence electrons. The van der Waals surface area contributed by atoms with Gasteiger partial charge >= 0.3 is 0 Å². The van der Waals surface area contributed by atoms with Crippen molar-refractivity contribution in [2.45, 2.75) is 32.7 Å². The summed E-state index contributed by atoms with van der Waals surface area (Å²) in [5.41, 5.74) is 7.88. The summed E-state index contributed by atoms with van der Waals surface area (Å²) in [6.45, 7) is 3.93. The number of hydrogen-bond donors (Lipinski definition) is 2. The Bertz CT molecular complexity index is 446. The molecule has 0 aliphatic carbocycles. The highest BCUT2D eigenvalue weighted by Crippen LogP contribution is 2.13. The molecule has 0 aliphatic rings. The molecule has 3 nitrogen and oxygen atoms in total. The Labute approximate surface area is 102 Å². The predicted octanol–water partition coefficient (Wildman–Crippen LogP) is 2.11. The first kappa shape index (κ1) is 13.1. The van der Waals surface area contributed by atoms with E-state index in [-0.39, 0.29) is 11.9 Å². The molecular weight excluding hydrogens is 212 g/mol. The highest BCUT2D eigenvalue weighted by atomic mass is 16.1. The number of aryl methyl sites for hydroxylation is 1. The molecule has 1 atom stereocenters. The molecule has 0 heterocycles. The van der Waals surface area contributed by atoms with E-state index in [1.807, 2.05) is 19.9 Å². The number of hydrogen-bond acceptors (Lipinski definition) is 2. The lowest BCUT2D eigenvalue weighted by atomic mass is 10.1. The summed E-state index contributed by atoms with van der Waals surface area (Å²) in [4.78, 5) is 11.9. The van der Waals surface area contributed by atoms with Gasteiger partial charge in [-0.1, -0.05) is 25.3 Å². The highest BCUT2D eigenvalue weighted by molar-refractivity contribution is 5.95. The lowest BCUT2D eigenvalue weighted by Gasteiger charge is -2.12. The van der Waals surface area contributed by atoms with E-state index in [4.69, 9.17) is 12.2 Å². The fourth-order valence-electron chi connectivity index (χ4n) is 1.51. The van der Waals surface area contributed by atoms with Gasteiger partial charge in [0.15, 0.2) is 0 Å². The average molecular weight is 230 g/mol. The zero-order chi connectivity index (χ0) is 12.8. The maximum atomic E-state index is 11.9. The van der Waals surface area contributed by atoms with E-state index in [0.29, 0.717) is 11.3 Å². The standard InChI is InChI=1S/C14H18N2O/c1-4-6-12(5-2)16-14(17)11-8-7-10(3)13(15)9-11/h2,7-9,12H,4,6,15H2,1,3H3,(H,16,17). The van der Waals surface area contributed by atoms with Gasteiger partial charge in [-0.25, -0.2) is 0 Å². The molecule has 1 unspecified atom stereocenters. The molecule has 1 amide bonds. The van der Waals surface area contributed by atoms with Crippen LogP contribution in [0.3, 0.4) is 0 Å². The molecule has 0 fully saturated rings. The summed E-state index contributed by atoms with van der Waals surface area (Å²) in [6, 6.07) is 5.04. The summed E-state index contributed by atoms with van der Waals surface area (Å²) < 4.78 is 0. The van der Waals surface area contributed by atoms with Crippen LogP contribution in [0.15, 0.2) is 18.2 Å². The molecule has 0 aliphatic heterocycles. The van der Waals surface area contributed by atoms with Gasteiger partial charge in [0, 0.05) is 11.3 Å². The molecule has 0 bridgehead atoms. The first-order valence-corrected chi connectivity index (χ1v) is 5.71. The van der Waals surface area contributed by atoms with E-state index < -0.39 is 0 Å². The Kier molecular flexibility index (Phi) is 4.59. The normalized spacial score (nSPS) is 11.6. The van der Waals surface area contributed by atoms with Crippen LogP contribution in [0.1, 0.15) is 35.7 Å². The minimum Gasteiger partial charge on any atom is -0.398 e. The van der Waals surface area contributed by atoms with Crippen molar-refractivity contribution in [3.63, 3.8) is 0 Å². The van der Waals surface area contributed by atoms with Crippen LogP contribution in [0.2, 0.25) is 0 Å². The monoisotopic (exact) mass is 230 g/mol. The molecule has 1 aromatic rings. The maximum Gasteiger partial charge on any atom is 0.252 e. The Balaban J connectivity index is 2.76. The summed E-state index contributed by atoms with van der Waals surface area (Å²) in [5.74, 6) is 2.39. The topological polar surface area (TPSA) is 55.1 Å². The molecule has 3 heteroatoms. The summed E-state index contributed by atoms with van der Waals surface area (Å²) >= 11 is 0. The summed E-state index contributed by atoms with van der Waals surface area (Å²) in [5, 5.41) is 2.80. The molecule has 1 aromatic carbocycles. The number of nitrogens with two attached hydrogens (primary N) is 1. The number of benzene rings is 1. The molecule has 17 heavy (non-hydrogen) atoms. The van der Waals surface area contributed by atoms with Gasteiger partial charge in [-0.3, -0.25) is 4.79 Å². The number of carbonyl (C=O) groups excluding carboxylic acids is 1. The third-order valence-corrected chi connectivity index (χ3v) is 2.63. The van der Waals surface area contributed by atoms with Crippen LogP contribution < -0.4 is 11.1 Å². The molecule has 1 rings (SSSR count). The molecule has 0 spiro atoms. The molecule has 0 saturated heterocycles. The van der Waals surface area contributed by atoms with Gasteiger partial charge in [0.05, 0.1) is 6.04 Å². The maximum absolute atomic E-state index is 11.9. The number of nitrogen functional groups attached to an aromatic ring is 1. The van der Waals surface area contributed by atoms with Crippen molar-refractivity contribution in [3.05, 3.63) is 29.3 Å². The first-order chi connectivity index (χ1) is 8.08. The van der Waals surface area contributed by atoms with E-state index in [1.165, 1.54) is 0 Å². The molecular formula is C14H18N2O. The van der Waals surface area contributed by atoms with Crippen LogP contribution in [0.5, 0.6) is 0 Å². The SMILES string of the molecule is C#CC(CCC)NC(=O)c1ccc(C)c(N)c1. The van der Waals surface area contributed by atoms with Crippen molar-refractivity contribution in [1.82, 2.24) is 5.32 Å². The van der Waals surface area contributed by atoms with Crippen molar-refractivity contribution >= 4 is 11.6 Å². The van der Waals surface area contributed by atoms with E-state index in [2.05, 4.69) is 11.2 Å². The zero-order valence-electron chi connectivity index (χ0n) is 10.3. The number of rotatable bonds is 4. The smallest absolute Gasteiger partial charge is 0.252 e. The lowest BCUT2D eigenvalue weighted by Crippen LogP contribution is -2.33. The second-order valence-electron chi connectivity index (χ2n) is 4.05. The van der Waals surface area contributed by atoms with Crippen molar-refractivity contribution < 1.29 is 4.79 Å². The Hall–Kier alpha value is -1.95. The number of carbonyl (C=O) groups is 1. The van der Waals surface area contributed by atoms with Crippen molar-refractivity contribution in [3.8, 4) is 12.3 Å². The van der Waals surface area contributed by atoms with Gasteiger partial charge < -0.3 is 11.1 Å². The van der Waals surface area contributed by atoms with Crippen LogP contribution in [0.4, 0.5) is 5.69 Å². The van der Waals surface area contributed by atoms with Crippen molar-refractivity contribution in [2.75, 3.05) is 5.73 Å². The second-order valence-corrected chi connectivity index (χ2v) is 4.05. The van der Waals surface area contributed by atoms with Gasteiger partial charge in [-0.15, -0.1) is 6.42 Å². The third-order valence-electron chi connectivity index (χ3n) is 2.63. The van der Waals surface area contributed by atoms with Gasteiger partial charge in [-0.2, -0.15) is 0 Å². The molecule has 0 aromatic heterocycles. The quantitative estimate of drug-likeness (QED) is 0.615. The van der Waals surface area contributed by atoms with Crippen LogP contribution >= 0.6 is 0 Å². The van der Waals surface area contributed by atoms with E-state index in [1.54, 1.807) is 12.1 Å². The highest BCUT2D eigenvalue weighted by Gasteiger charge is 2.11. The van der Waals surface area contributed by atoms with Gasteiger partial charge in [-0.05, 0) is 31.0 Å². The molecule has 0 saturated carbocycles. The summed E-state index contributed by atoms with van der Waals surface area (Å²) in [7, 11) is 0. The molecule has 0 radical (unpaired) electrons. The lowest BCUT2D eigenvalue weighted by molar-refractivity contribution is 0.0944. The zero-order valence-corrected chi connectivity index (χ0v) is 10.3. The van der Waals surface area contributed by atoms with E-state index in [0.717, 1.165) is 18.4 Å². The van der Waals surface area contributed by atoms with Crippen LogP contribution in [-0.4, -0.2) is 11.9 Å². The van der Waals surface area contributed by atoms with Crippen molar-refractivity contribution in [1.29, 1.82) is 0 Å². The Morgan fingerprint density at radius 2 is 2.29 bits per heavy atom. The number of terminal acetylenes is 1. The molecule has 3 N–H and O–H groups in total. The largest absolute Gasteiger partial charge is 0.398 e. The minimum atomic E-state index is -0.213. The third kappa shape index (κ3) is 3.53. The number of nitrogens with one attached hydrogen (secondary N) is 1. The van der Waals surface area contributed by atoms with E-state index in [9.17, 15) is 4.79 Å². The van der Waals surface area contributed by atoms with Crippen LogP contribution in [-0.2, 0) is 0 Å². The van der Waals surface area contributed by atoms with Gasteiger partial charge in [0.25, 0.3) is 5.91 Å². The van der Waals surface area contributed by atoms with Crippen LogP contribution in [0.25, 0.3) is 0 Å². The van der Waals surface area contributed by atoms with E-state index >= 15 is 0 Å². The van der Waals surface area contributed by atoms with Crippen molar-refractivity contribution in [2.24, 2.45) is 0 Å². The average Bonchev–Trinajstić information content (AvgIpc) is 2.31. The van der Waals surface area contributed by atoms with Gasteiger partial charge in [0.1, 0.15) is 0 Å². The fourth-order valence-corrected chi connectivity index (χ4v) is 1.51. The Morgan fingerprint density at radius 3 is 2.82 bits per heavy atom. The van der Waals surface area contributed by atoms with Gasteiger partial charge in [0.2, 0.25) is 0 Å². The minimum absolute atomic E-state index is 0.173.